The van der Waals surface area contributed by atoms with Crippen LogP contribution in [0.4, 0.5) is 5.00 Å². The summed E-state index contributed by atoms with van der Waals surface area (Å²) in [5, 5.41) is 3.73. The van der Waals surface area contributed by atoms with Gasteiger partial charge in [-0.05, 0) is 56.1 Å². The molecule has 3 rings (SSSR count). The van der Waals surface area contributed by atoms with E-state index in [2.05, 4.69) is 36.1 Å². The van der Waals surface area contributed by atoms with Gasteiger partial charge in [0.05, 0.1) is 17.4 Å². The third-order valence-corrected chi connectivity index (χ3v) is 7.56. The normalized spacial score (nSPS) is 17.2. The molecule has 0 bridgehead atoms. The Balaban J connectivity index is 1.83. The predicted octanol–water partition coefficient (Wildman–Crippen LogP) is 4.99. The highest BCUT2D eigenvalue weighted by Crippen LogP contribution is 2.44. The Labute approximate surface area is 186 Å². The van der Waals surface area contributed by atoms with Crippen molar-refractivity contribution >= 4 is 40.0 Å². The number of ether oxygens (including phenoxy) is 1. The molecule has 2 unspecified atom stereocenters. The van der Waals surface area contributed by atoms with E-state index < -0.39 is 5.25 Å². The van der Waals surface area contributed by atoms with Crippen LogP contribution in [0.2, 0.25) is 0 Å². The fourth-order valence-electron chi connectivity index (χ4n) is 3.60. The lowest BCUT2D eigenvalue weighted by Crippen LogP contribution is -2.27. The number of thioether (sulfide) groups is 1. The zero-order valence-electron chi connectivity index (χ0n) is 18.2. The van der Waals surface area contributed by atoms with Crippen LogP contribution in [0.5, 0.6) is 0 Å². The molecule has 0 fully saturated rings. The number of esters is 1. The number of fused-ring (bicyclic) bond motifs is 1. The minimum atomic E-state index is -0.399. The number of nitrogens with zero attached hydrogens (tertiary/aromatic N) is 2. The maximum atomic E-state index is 12.9. The van der Waals surface area contributed by atoms with E-state index in [4.69, 9.17) is 4.74 Å². The topological polar surface area (TPSA) is 81.2 Å². The van der Waals surface area contributed by atoms with E-state index in [9.17, 15) is 9.59 Å². The lowest BCUT2D eigenvalue weighted by molar-refractivity contribution is -0.115. The first-order chi connectivity index (χ1) is 14.2. The van der Waals surface area contributed by atoms with Crippen molar-refractivity contribution in [1.82, 2.24) is 9.97 Å². The van der Waals surface area contributed by atoms with Gasteiger partial charge >= 0.3 is 5.97 Å². The number of amides is 1. The summed E-state index contributed by atoms with van der Waals surface area (Å²) in [6, 6.07) is 1.74. The quantitative estimate of drug-likeness (QED) is 0.382. The number of rotatable bonds is 6. The van der Waals surface area contributed by atoms with Gasteiger partial charge < -0.3 is 10.1 Å². The number of carbonyl (C=O) groups is 2. The maximum absolute atomic E-state index is 12.9. The molecule has 8 heteroatoms. The Bertz CT molecular complexity index is 906. The van der Waals surface area contributed by atoms with Crippen LogP contribution in [0.25, 0.3) is 0 Å². The van der Waals surface area contributed by atoms with Crippen molar-refractivity contribution in [2.45, 2.75) is 64.3 Å². The summed E-state index contributed by atoms with van der Waals surface area (Å²) in [5.74, 6) is 0.0159. The fraction of sp³-hybridized carbons (Fsp3) is 0.545. The van der Waals surface area contributed by atoms with Crippen LogP contribution in [-0.2, 0) is 22.4 Å². The summed E-state index contributed by atoms with van der Waals surface area (Å²) < 4.78 is 5.32. The first-order valence-electron chi connectivity index (χ1n) is 10.3. The molecule has 2 atom stereocenters. The molecule has 2 aromatic rings. The highest BCUT2D eigenvalue weighted by molar-refractivity contribution is 8.00. The van der Waals surface area contributed by atoms with Gasteiger partial charge in [0, 0.05) is 17.3 Å². The number of hydrogen-bond donors (Lipinski definition) is 1. The third-order valence-electron chi connectivity index (χ3n) is 5.40. The molecule has 1 aliphatic rings. The minimum absolute atomic E-state index is 0.177. The van der Waals surface area contributed by atoms with Crippen molar-refractivity contribution < 1.29 is 14.3 Å². The molecule has 0 saturated heterocycles. The Morgan fingerprint density at radius 2 is 2.03 bits per heavy atom. The molecule has 0 aliphatic heterocycles. The summed E-state index contributed by atoms with van der Waals surface area (Å²) in [5.41, 5.74) is 1.78. The fourth-order valence-corrected chi connectivity index (χ4v) is 5.65. The molecule has 0 radical (unpaired) electrons. The third kappa shape index (κ3) is 5.21. The molecule has 162 valence electrons. The van der Waals surface area contributed by atoms with Crippen LogP contribution >= 0.6 is 23.1 Å². The summed E-state index contributed by atoms with van der Waals surface area (Å²) in [4.78, 5) is 35.1. The maximum Gasteiger partial charge on any atom is 0.341 e. The second kappa shape index (κ2) is 9.47. The van der Waals surface area contributed by atoms with E-state index in [1.165, 1.54) is 28.0 Å². The number of aromatic nitrogens is 2. The van der Waals surface area contributed by atoms with Gasteiger partial charge in [-0.3, -0.25) is 4.79 Å². The molecule has 0 aromatic carbocycles. The molecule has 1 aliphatic carbocycles. The van der Waals surface area contributed by atoms with Crippen molar-refractivity contribution in [1.29, 1.82) is 0 Å². The van der Waals surface area contributed by atoms with Crippen molar-refractivity contribution in [3.05, 3.63) is 34.5 Å². The van der Waals surface area contributed by atoms with Gasteiger partial charge in [-0.15, -0.1) is 11.3 Å². The van der Waals surface area contributed by atoms with Crippen LogP contribution in [0.15, 0.2) is 23.6 Å². The lowest BCUT2D eigenvalue weighted by atomic mass is 9.72. The summed E-state index contributed by atoms with van der Waals surface area (Å²) in [7, 11) is 0. The predicted molar refractivity (Wildman–Crippen MR) is 121 cm³/mol. The van der Waals surface area contributed by atoms with Crippen LogP contribution in [0.3, 0.4) is 0 Å². The minimum Gasteiger partial charge on any atom is -0.462 e. The number of carbonyl (C=O) groups excluding carboxylic acids is 2. The van der Waals surface area contributed by atoms with Gasteiger partial charge in [0.2, 0.25) is 5.91 Å². The van der Waals surface area contributed by atoms with Gasteiger partial charge in [0.15, 0.2) is 5.16 Å². The Morgan fingerprint density at radius 3 is 2.67 bits per heavy atom. The van der Waals surface area contributed by atoms with Gasteiger partial charge in [0.25, 0.3) is 0 Å². The van der Waals surface area contributed by atoms with Crippen molar-refractivity contribution in [2.24, 2.45) is 11.3 Å². The Morgan fingerprint density at radius 1 is 1.33 bits per heavy atom. The van der Waals surface area contributed by atoms with Crippen LogP contribution in [-0.4, -0.2) is 33.7 Å². The molecule has 30 heavy (non-hydrogen) atoms. The molecule has 1 amide bonds. The summed E-state index contributed by atoms with van der Waals surface area (Å²) in [6.45, 7) is 10.7. The summed E-state index contributed by atoms with van der Waals surface area (Å²) >= 11 is 2.80. The first-order valence-corrected chi connectivity index (χ1v) is 12.0. The molecule has 0 saturated carbocycles. The van der Waals surface area contributed by atoms with Crippen molar-refractivity contribution in [3.8, 4) is 0 Å². The zero-order valence-corrected chi connectivity index (χ0v) is 19.8. The van der Waals surface area contributed by atoms with Crippen molar-refractivity contribution in [2.75, 3.05) is 11.9 Å². The molecule has 2 heterocycles. The van der Waals surface area contributed by atoms with E-state index in [1.807, 2.05) is 6.92 Å². The van der Waals surface area contributed by atoms with Crippen LogP contribution in [0.1, 0.15) is 61.8 Å². The molecular weight excluding hydrogens is 418 g/mol. The monoisotopic (exact) mass is 447 g/mol. The Hall–Kier alpha value is -1.93. The second-order valence-electron chi connectivity index (χ2n) is 8.51. The molecule has 1 N–H and O–H groups in total. The smallest absolute Gasteiger partial charge is 0.341 e. The van der Waals surface area contributed by atoms with E-state index in [-0.39, 0.29) is 17.3 Å². The number of nitrogens with one attached hydrogen (secondary N) is 1. The van der Waals surface area contributed by atoms with Gasteiger partial charge in [-0.25, -0.2) is 14.8 Å². The number of hydrogen-bond acceptors (Lipinski definition) is 7. The number of thiophene rings is 1. The second-order valence-corrected chi connectivity index (χ2v) is 10.9. The molecule has 6 nitrogen and oxygen atoms in total. The number of anilines is 1. The van der Waals surface area contributed by atoms with E-state index >= 15 is 0 Å². The standard InChI is InChI=1S/C22H29N3O3S2/c1-6-28-20(27)17-15-9-8-14(22(3,4)5)12-16(15)30-19(17)25-18(26)13(2)29-21-23-10-7-11-24-21/h7,10-11,13-14H,6,8-9,12H2,1-5H3,(H,25,26). The van der Waals surface area contributed by atoms with Gasteiger partial charge in [0.1, 0.15) is 5.00 Å². The lowest BCUT2D eigenvalue weighted by Gasteiger charge is -2.33. The SMILES string of the molecule is CCOC(=O)c1c(NC(=O)C(C)Sc2ncccn2)sc2c1CCC(C(C)(C)C)C2. The van der Waals surface area contributed by atoms with Gasteiger partial charge in [-0.2, -0.15) is 0 Å². The van der Waals surface area contributed by atoms with E-state index in [0.29, 0.717) is 28.2 Å². The average Bonchev–Trinajstić information content (AvgIpc) is 3.05. The first kappa shape index (κ1) is 22.7. The van der Waals surface area contributed by atoms with Crippen LogP contribution in [0, 0.1) is 11.3 Å². The largest absolute Gasteiger partial charge is 0.462 e. The summed E-state index contributed by atoms with van der Waals surface area (Å²) in [6.07, 6.45) is 6.09. The average molecular weight is 448 g/mol. The molecule has 2 aromatic heterocycles. The van der Waals surface area contributed by atoms with E-state index in [0.717, 1.165) is 24.8 Å². The molecule has 0 spiro atoms. The van der Waals surface area contributed by atoms with Crippen LogP contribution < -0.4 is 5.32 Å². The highest BCUT2D eigenvalue weighted by Gasteiger charge is 2.34. The van der Waals surface area contributed by atoms with Crippen molar-refractivity contribution in [3.63, 3.8) is 0 Å². The van der Waals surface area contributed by atoms with Gasteiger partial charge in [-0.1, -0.05) is 32.5 Å². The highest BCUT2D eigenvalue weighted by atomic mass is 32.2. The molecular formula is C22H29N3O3S2. The van der Waals surface area contributed by atoms with E-state index in [1.54, 1.807) is 25.4 Å². The zero-order chi connectivity index (χ0) is 21.9. The Kier molecular flexibility index (Phi) is 7.18.